The number of benzene rings is 11. The van der Waals surface area contributed by atoms with Crippen molar-refractivity contribution in [2.45, 2.75) is 0 Å². The first-order chi connectivity index (χ1) is 29.7. The maximum atomic E-state index is 2.39. The number of aromatic nitrogens is 1. The third-order valence-electron chi connectivity index (χ3n) is 12.4. The van der Waals surface area contributed by atoms with Crippen molar-refractivity contribution < 1.29 is 0 Å². The van der Waals surface area contributed by atoms with Crippen LogP contribution in [0.25, 0.3) is 92.8 Å². The van der Waals surface area contributed by atoms with Gasteiger partial charge >= 0.3 is 0 Å². The van der Waals surface area contributed by atoms with Gasteiger partial charge in [0.05, 0.1) is 11.0 Å². The minimum atomic E-state index is 1.10. The van der Waals surface area contributed by atoms with Gasteiger partial charge in [0.2, 0.25) is 0 Å². The lowest BCUT2D eigenvalue weighted by Crippen LogP contribution is -2.09. The molecule has 0 unspecified atom stereocenters. The van der Waals surface area contributed by atoms with Crippen LogP contribution in [0, 0.1) is 0 Å². The Kier molecular flexibility index (Phi) is 7.89. The molecule has 0 bridgehead atoms. The third kappa shape index (κ3) is 5.57. The number of hydrogen-bond acceptors (Lipinski definition) is 1. The highest BCUT2D eigenvalue weighted by Gasteiger charge is 2.17. The van der Waals surface area contributed by atoms with Crippen LogP contribution in [-0.4, -0.2) is 4.57 Å². The lowest BCUT2D eigenvalue weighted by Gasteiger charge is -2.26. The lowest BCUT2D eigenvalue weighted by atomic mass is 9.94. The molecule has 1 heterocycles. The monoisotopic (exact) mass is 762 g/mol. The predicted octanol–water partition coefficient (Wildman–Crippen LogP) is 16.2. The topological polar surface area (TPSA) is 8.17 Å². The predicted molar refractivity (Wildman–Crippen MR) is 256 cm³/mol. The smallest absolute Gasteiger partial charge is 0.0541 e. The van der Waals surface area contributed by atoms with E-state index in [0.29, 0.717) is 0 Å². The van der Waals surface area contributed by atoms with Crippen molar-refractivity contribution in [2.24, 2.45) is 0 Å². The molecule has 0 saturated heterocycles. The molecule has 0 amide bonds. The molecule has 0 radical (unpaired) electrons. The summed E-state index contributed by atoms with van der Waals surface area (Å²) in [7, 11) is 0. The van der Waals surface area contributed by atoms with Crippen LogP contribution in [0.4, 0.5) is 17.1 Å². The van der Waals surface area contributed by atoms with E-state index >= 15 is 0 Å². The van der Waals surface area contributed by atoms with Gasteiger partial charge in [0.25, 0.3) is 0 Å². The van der Waals surface area contributed by atoms with Gasteiger partial charge in [0.15, 0.2) is 0 Å². The molecule has 0 aliphatic rings. The van der Waals surface area contributed by atoms with E-state index in [-0.39, 0.29) is 0 Å². The molecule has 0 aliphatic heterocycles. The van der Waals surface area contributed by atoms with Crippen LogP contribution < -0.4 is 4.90 Å². The van der Waals surface area contributed by atoms with Crippen molar-refractivity contribution in [3.8, 4) is 27.9 Å². The molecular formula is C58H38N2. The Hall–Kier alpha value is -7.94. The Bertz CT molecular complexity index is 3580. The summed E-state index contributed by atoms with van der Waals surface area (Å²) in [5, 5.41) is 12.6. The molecule has 12 rings (SSSR count). The molecule has 11 aromatic carbocycles. The van der Waals surface area contributed by atoms with Gasteiger partial charge in [-0.3, -0.25) is 0 Å². The van der Waals surface area contributed by atoms with Crippen LogP contribution in [0.1, 0.15) is 0 Å². The standard InChI is InChI=1S/C58H38N2/c1-2-13-45(14-3-1)60-57-20-9-8-17-54(57)56-37-44(29-36-58(56)60)39-23-30-46(31-24-39)59(48-34-27-43-22-21-40-11-5-7-16-51(40)55(43)38-48)47-32-25-42(26-33-47)50-18-10-19-52-49-15-6-4-12-41(49)28-35-53(50)52/h1-38H. The van der Waals surface area contributed by atoms with E-state index in [1.54, 1.807) is 0 Å². The fourth-order valence-corrected chi connectivity index (χ4v) is 9.47. The molecule has 0 N–H and O–H groups in total. The number of para-hydroxylation sites is 2. The average Bonchev–Trinajstić information content (AvgIpc) is 3.66. The Balaban J connectivity index is 0.971. The van der Waals surface area contributed by atoms with E-state index in [1.165, 1.54) is 92.8 Å². The van der Waals surface area contributed by atoms with Crippen molar-refractivity contribution >= 4 is 82.0 Å². The van der Waals surface area contributed by atoms with E-state index in [9.17, 15) is 0 Å². The summed E-state index contributed by atoms with van der Waals surface area (Å²) in [5.41, 5.74) is 11.7. The first-order valence-electron chi connectivity index (χ1n) is 20.7. The summed E-state index contributed by atoms with van der Waals surface area (Å²) in [6.45, 7) is 0. The quantitative estimate of drug-likeness (QED) is 0.153. The molecule has 2 heteroatoms. The van der Waals surface area contributed by atoms with Gasteiger partial charge in [0.1, 0.15) is 0 Å². The summed E-state index contributed by atoms with van der Waals surface area (Å²) in [6, 6.07) is 84.3. The highest BCUT2D eigenvalue weighted by molar-refractivity contribution is 6.13. The summed E-state index contributed by atoms with van der Waals surface area (Å²) < 4.78 is 2.37. The maximum absolute atomic E-state index is 2.39. The van der Waals surface area contributed by atoms with E-state index in [2.05, 4.69) is 240 Å². The molecule has 0 saturated carbocycles. The highest BCUT2D eigenvalue weighted by Crippen LogP contribution is 2.41. The average molecular weight is 763 g/mol. The second kappa shape index (κ2) is 13.9. The Morgan fingerprint density at radius 1 is 0.267 bits per heavy atom. The van der Waals surface area contributed by atoms with Gasteiger partial charge in [-0.25, -0.2) is 0 Å². The lowest BCUT2D eigenvalue weighted by molar-refractivity contribution is 1.18. The maximum Gasteiger partial charge on any atom is 0.0541 e. The third-order valence-corrected chi connectivity index (χ3v) is 12.4. The zero-order chi connectivity index (χ0) is 39.6. The van der Waals surface area contributed by atoms with Crippen LogP contribution in [0.5, 0.6) is 0 Å². The Morgan fingerprint density at radius 2 is 0.800 bits per heavy atom. The molecule has 60 heavy (non-hydrogen) atoms. The van der Waals surface area contributed by atoms with Gasteiger partial charge in [-0.1, -0.05) is 164 Å². The minimum absolute atomic E-state index is 1.10. The Labute approximate surface area is 348 Å². The summed E-state index contributed by atoms with van der Waals surface area (Å²) in [4.78, 5) is 2.39. The molecule has 2 nitrogen and oxygen atoms in total. The zero-order valence-corrected chi connectivity index (χ0v) is 32.8. The van der Waals surface area contributed by atoms with Crippen molar-refractivity contribution in [3.63, 3.8) is 0 Å². The van der Waals surface area contributed by atoms with Crippen molar-refractivity contribution in [2.75, 3.05) is 4.90 Å². The van der Waals surface area contributed by atoms with Crippen LogP contribution >= 0.6 is 0 Å². The number of anilines is 3. The molecule has 0 atom stereocenters. The van der Waals surface area contributed by atoms with Crippen LogP contribution in [0.2, 0.25) is 0 Å². The molecular weight excluding hydrogens is 725 g/mol. The second-order valence-corrected chi connectivity index (χ2v) is 15.7. The SMILES string of the molecule is c1ccc(-n2c3ccccc3c3cc(-c4ccc(N(c5ccc(-c6cccc7c6ccc6ccccc67)cc5)c5ccc6ccc7ccccc7c6c5)cc4)ccc32)cc1. The molecule has 12 aromatic rings. The summed E-state index contributed by atoms with van der Waals surface area (Å²) in [6.07, 6.45) is 0. The molecule has 0 aliphatic carbocycles. The van der Waals surface area contributed by atoms with Gasteiger partial charge in [0, 0.05) is 33.5 Å². The number of rotatable bonds is 6. The normalized spacial score (nSPS) is 11.7. The number of fused-ring (bicyclic) bond motifs is 9. The highest BCUT2D eigenvalue weighted by atomic mass is 15.1. The first-order valence-corrected chi connectivity index (χ1v) is 20.7. The zero-order valence-electron chi connectivity index (χ0n) is 32.8. The largest absolute Gasteiger partial charge is 0.310 e. The van der Waals surface area contributed by atoms with Crippen LogP contribution in [0.3, 0.4) is 0 Å². The number of hydrogen-bond donors (Lipinski definition) is 0. The molecule has 0 fully saturated rings. The van der Waals surface area contributed by atoms with Crippen molar-refractivity contribution in [1.82, 2.24) is 4.57 Å². The van der Waals surface area contributed by atoms with E-state index in [1.807, 2.05) is 0 Å². The van der Waals surface area contributed by atoms with Crippen molar-refractivity contribution in [1.29, 1.82) is 0 Å². The van der Waals surface area contributed by atoms with Crippen LogP contribution in [-0.2, 0) is 0 Å². The summed E-state index contributed by atoms with van der Waals surface area (Å²) in [5.74, 6) is 0. The minimum Gasteiger partial charge on any atom is -0.310 e. The van der Waals surface area contributed by atoms with Gasteiger partial charge in [-0.05, 0) is 132 Å². The molecule has 280 valence electrons. The fraction of sp³-hybridized carbons (Fsp3) is 0. The fourth-order valence-electron chi connectivity index (χ4n) is 9.47. The van der Waals surface area contributed by atoms with E-state index in [0.717, 1.165) is 17.1 Å². The molecule has 1 aromatic heterocycles. The summed E-state index contributed by atoms with van der Waals surface area (Å²) >= 11 is 0. The van der Waals surface area contributed by atoms with Crippen molar-refractivity contribution in [3.05, 3.63) is 231 Å². The second-order valence-electron chi connectivity index (χ2n) is 15.7. The first kappa shape index (κ1) is 34.1. The van der Waals surface area contributed by atoms with Crippen LogP contribution in [0.15, 0.2) is 231 Å². The van der Waals surface area contributed by atoms with E-state index in [4.69, 9.17) is 0 Å². The number of nitrogens with zero attached hydrogens (tertiary/aromatic N) is 2. The van der Waals surface area contributed by atoms with Gasteiger partial charge in [-0.2, -0.15) is 0 Å². The van der Waals surface area contributed by atoms with Gasteiger partial charge in [-0.15, -0.1) is 0 Å². The van der Waals surface area contributed by atoms with Gasteiger partial charge < -0.3 is 9.47 Å². The Morgan fingerprint density at radius 3 is 1.55 bits per heavy atom. The van der Waals surface area contributed by atoms with E-state index < -0.39 is 0 Å². The molecule has 0 spiro atoms.